The zero-order chi connectivity index (χ0) is 19.5. The number of fused-ring (bicyclic) bond motifs is 2. The molecule has 0 radical (unpaired) electrons. The average molecular weight is 403 g/mol. The number of benzene rings is 1. The van der Waals surface area contributed by atoms with Gasteiger partial charge in [0.2, 0.25) is 5.91 Å². The van der Waals surface area contributed by atoms with Crippen molar-refractivity contribution >= 4 is 35.2 Å². The predicted octanol–water partition coefficient (Wildman–Crippen LogP) is 3.46. The van der Waals surface area contributed by atoms with Crippen LogP contribution in [0.5, 0.6) is 0 Å². The summed E-state index contributed by atoms with van der Waals surface area (Å²) in [6.45, 7) is 0.542. The SMILES string of the molecule is O=C1CCSc2ccc(C(=O)OCC(=O)N3CCC[C@@H]4CCCC[C@H]43)cc2N1. The van der Waals surface area contributed by atoms with E-state index in [-0.39, 0.29) is 18.4 Å². The molecule has 1 aliphatic carbocycles. The number of carbonyl (C=O) groups is 3. The molecule has 0 aromatic heterocycles. The number of hydrogen-bond donors (Lipinski definition) is 1. The van der Waals surface area contributed by atoms with Crippen molar-refractivity contribution in [3.8, 4) is 0 Å². The van der Waals surface area contributed by atoms with Crippen LogP contribution in [0.3, 0.4) is 0 Å². The molecule has 28 heavy (non-hydrogen) atoms. The van der Waals surface area contributed by atoms with E-state index in [4.69, 9.17) is 4.74 Å². The number of carbonyl (C=O) groups excluding carboxylic acids is 3. The van der Waals surface area contributed by atoms with E-state index in [1.165, 1.54) is 25.7 Å². The summed E-state index contributed by atoms with van der Waals surface area (Å²) in [6.07, 6.45) is 7.37. The van der Waals surface area contributed by atoms with Crippen molar-refractivity contribution in [2.45, 2.75) is 55.9 Å². The Morgan fingerprint density at radius 3 is 2.89 bits per heavy atom. The van der Waals surface area contributed by atoms with Gasteiger partial charge < -0.3 is 15.0 Å². The van der Waals surface area contributed by atoms with Crippen LogP contribution in [-0.2, 0) is 14.3 Å². The monoisotopic (exact) mass is 402 g/mol. The molecule has 0 unspecified atom stereocenters. The number of nitrogens with one attached hydrogen (secondary N) is 1. The fourth-order valence-corrected chi connectivity index (χ4v) is 5.51. The number of ether oxygens (including phenoxy) is 1. The second-order valence-corrected chi connectivity index (χ2v) is 8.91. The number of nitrogens with zero attached hydrogens (tertiary/aromatic N) is 1. The molecule has 3 aliphatic rings. The maximum Gasteiger partial charge on any atom is 0.338 e. The van der Waals surface area contributed by atoms with E-state index >= 15 is 0 Å². The zero-order valence-electron chi connectivity index (χ0n) is 15.9. The van der Waals surface area contributed by atoms with Crippen LogP contribution in [-0.4, -0.2) is 47.6 Å². The topological polar surface area (TPSA) is 75.7 Å². The third-order valence-corrected chi connectivity index (χ3v) is 7.04. The first-order valence-corrected chi connectivity index (χ1v) is 11.1. The van der Waals surface area contributed by atoms with Crippen molar-refractivity contribution in [1.82, 2.24) is 4.90 Å². The van der Waals surface area contributed by atoms with Gasteiger partial charge in [-0.2, -0.15) is 0 Å². The zero-order valence-corrected chi connectivity index (χ0v) is 16.8. The summed E-state index contributed by atoms with van der Waals surface area (Å²) >= 11 is 1.59. The first-order valence-electron chi connectivity index (χ1n) is 10.1. The number of esters is 1. The van der Waals surface area contributed by atoms with Gasteiger partial charge in [0.15, 0.2) is 6.61 Å². The molecular formula is C21H26N2O4S. The highest BCUT2D eigenvalue weighted by atomic mass is 32.2. The van der Waals surface area contributed by atoms with Crippen molar-refractivity contribution in [3.63, 3.8) is 0 Å². The lowest BCUT2D eigenvalue weighted by Crippen LogP contribution is -2.50. The van der Waals surface area contributed by atoms with Gasteiger partial charge in [-0.3, -0.25) is 9.59 Å². The Bertz CT molecular complexity index is 780. The Labute approximate surface area is 169 Å². The van der Waals surface area contributed by atoms with Gasteiger partial charge in [0.1, 0.15) is 0 Å². The molecule has 6 nitrogen and oxygen atoms in total. The van der Waals surface area contributed by atoms with E-state index in [2.05, 4.69) is 5.32 Å². The number of amides is 2. The number of rotatable bonds is 3. The molecule has 2 atom stereocenters. The molecule has 7 heteroatoms. The second kappa shape index (κ2) is 8.55. The number of thioether (sulfide) groups is 1. The Hall–Kier alpha value is -2.02. The minimum absolute atomic E-state index is 0.0564. The Balaban J connectivity index is 1.37. The van der Waals surface area contributed by atoms with Crippen LogP contribution >= 0.6 is 11.8 Å². The summed E-state index contributed by atoms with van der Waals surface area (Å²) in [6, 6.07) is 5.46. The van der Waals surface area contributed by atoms with Crippen molar-refractivity contribution in [2.75, 3.05) is 24.2 Å². The normalized spacial score (nSPS) is 24.4. The van der Waals surface area contributed by atoms with Crippen LogP contribution in [0.25, 0.3) is 0 Å². The lowest BCUT2D eigenvalue weighted by Gasteiger charge is -2.44. The highest BCUT2D eigenvalue weighted by molar-refractivity contribution is 7.99. The molecule has 0 spiro atoms. The number of hydrogen-bond acceptors (Lipinski definition) is 5. The number of anilines is 1. The minimum atomic E-state index is -0.531. The first kappa shape index (κ1) is 19.3. The number of piperidine rings is 1. The molecule has 1 aromatic rings. The molecule has 1 aromatic carbocycles. The van der Waals surface area contributed by atoms with E-state index in [1.807, 2.05) is 11.0 Å². The Morgan fingerprint density at radius 2 is 2.00 bits per heavy atom. The molecule has 2 aliphatic heterocycles. The molecule has 1 saturated carbocycles. The van der Waals surface area contributed by atoms with Crippen molar-refractivity contribution in [3.05, 3.63) is 23.8 Å². The third-order valence-electron chi connectivity index (χ3n) is 5.97. The first-order chi connectivity index (χ1) is 13.6. The van der Waals surface area contributed by atoms with Gasteiger partial charge in [0.25, 0.3) is 5.91 Å². The van der Waals surface area contributed by atoms with Gasteiger partial charge >= 0.3 is 5.97 Å². The molecule has 1 saturated heterocycles. The number of likely N-dealkylation sites (tertiary alicyclic amines) is 1. The quantitative estimate of drug-likeness (QED) is 0.784. The third kappa shape index (κ3) is 4.19. The maximum atomic E-state index is 12.7. The van der Waals surface area contributed by atoms with Crippen LogP contribution in [0, 0.1) is 5.92 Å². The lowest BCUT2D eigenvalue weighted by atomic mass is 9.78. The summed E-state index contributed by atoms with van der Waals surface area (Å²) in [4.78, 5) is 39.8. The largest absolute Gasteiger partial charge is 0.452 e. The van der Waals surface area contributed by atoms with Crippen molar-refractivity contribution in [1.29, 1.82) is 0 Å². The fraction of sp³-hybridized carbons (Fsp3) is 0.571. The molecule has 2 fully saturated rings. The molecular weight excluding hydrogens is 376 g/mol. The van der Waals surface area contributed by atoms with Crippen LogP contribution in [0.15, 0.2) is 23.1 Å². The van der Waals surface area contributed by atoms with Gasteiger partial charge in [-0.15, -0.1) is 11.8 Å². The van der Waals surface area contributed by atoms with Gasteiger partial charge in [0, 0.05) is 29.7 Å². The smallest absolute Gasteiger partial charge is 0.338 e. The van der Waals surface area contributed by atoms with Crippen LogP contribution in [0.2, 0.25) is 0 Å². The van der Waals surface area contributed by atoms with Crippen molar-refractivity contribution in [2.24, 2.45) is 5.92 Å². The highest BCUT2D eigenvalue weighted by Gasteiger charge is 2.35. The predicted molar refractivity (Wildman–Crippen MR) is 107 cm³/mol. The lowest BCUT2D eigenvalue weighted by molar-refractivity contribution is -0.140. The fourth-order valence-electron chi connectivity index (χ4n) is 4.57. The van der Waals surface area contributed by atoms with E-state index in [1.54, 1.807) is 23.9 Å². The Morgan fingerprint density at radius 1 is 1.18 bits per heavy atom. The average Bonchev–Trinajstić information content (AvgIpc) is 2.91. The summed E-state index contributed by atoms with van der Waals surface area (Å²) in [5, 5.41) is 2.82. The molecule has 150 valence electrons. The van der Waals surface area contributed by atoms with Crippen molar-refractivity contribution < 1.29 is 19.1 Å². The van der Waals surface area contributed by atoms with Gasteiger partial charge in [-0.1, -0.05) is 12.8 Å². The molecule has 2 heterocycles. The molecule has 2 amide bonds. The highest BCUT2D eigenvalue weighted by Crippen LogP contribution is 2.35. The maximum absolute atomic E-state index is 12.7. The second-order valence-electron chi connectivity index (χ2n) is 7.77. The van der Waals surface area contributed by atoms with E-state index in [0.717, 1.165) is 30.0 Å². The van der Waals surface area contributed by atoms with Crippen LogP contribution in [0.1, 0.15) is 55.3 Å². The molecule has 0 bridgehead atoms. The summed E-state index contributed by atoms with van der Waals surface area (Å²) in [5.41, 5.74) is 0.984. The Kier molecular flexibility index (Phi) is 5.90. The van der Waals surface area contributed by atoms with E-state index in [9.17, 15) is 14.4 Å². The van der Waals surface area contributed by atoms with E-state index < -0.39 is 5.97 Å². The van der Waals surface area contributed by atoms with Gasteiger partial charge in [0.05, 0.1) is 11.3 Å². The van der Waals surface area contributed by atoms with E-state index in [0.29, 0.717) is 29.6 Å². The van der Waals surface area contributed by atoms with Crippen LogP contribution < -0.4 is 5.32 Å². The van der Waals surface area contributed by atoms with Gasteiger partial charge in [-0.25, -0.2) is 4.79 Å². The molecule has 4 rings (SSSR count). The minimum Gasteiger partial charge on any atom is -0.452 e. The summed E-state index contributed by atoms with van der Waals surface area (Å²) < 4.78 is 5.32. The molecule has 1 N–H and O–H groups in total. The summed E-state index contributed by atoms with van der Waals surface area (Å²) in [5.74, 6) is 0.641. The summed E-state index contributed by atoms with van der Waals surface area (Å²) in [7, 11) is 0. The standard InChI is InChI=1S/C21H26N2O4S/c24-19-9-11-28-18-8-7-15(12-16(18)22-19)21(26)27-13-20(25)23-10-3-5-14-4-1-2-6-17(14)23/h7-8,12,14,17H,1-6,9-11,13H2,(H,22,24)/t14-,17+/m0/s1. The van der Waals surface area contributed by atoms with Crippen LogP contribution in [0.4, 0.5) is 5.69 Å². The van der Waals surface area contributed by atoms with Gasteiger partial charge in [-0.05, 0) is 49.8 Å².